The van der Waals surface area contributed by atoms with Crippen LogP contribution in [0, 0.1) is 19.8 Å². The molecule has 116 valence electrons. The first-order chi connectivity index (χ1) is 9.94. The first kappa shape index (κ1) is 16.4. The van der Waals surface area contributed by atoms with Crippen molar-refractivity contribution in [3.63, 3.8) is 0 Å². The number of carbonyl (C=O) groups excluding carboxylic acids is 1. The van der Waals surface area contributed by atoms with Gasteiger partial charge in [0.1, 0.15) is 0 Å². The molecule has 3 nitrogen and oxygen atoms in total. The van der Waals surface area contributed by atoms with Gasteiger partial charge in [-0.2, -0.15) is 0 Å². The Bertz CT molecular complexity index is 514. The van der Waals surface area contributed by atoms with E-state index in [2.05, 4.69) is 44.3 Å². The predicted octanol–water partition coefficient (Wildman–Crippen LogP) is 3.03. The summed E-state index contributed by atoms with van der Waals surface area (Å²) in [5.41, 5.74) is 8.23. The minimum Gasteiger partial charge on any atom is -0.349 e. The quantitative estimate of drug-likeness (QED) is 0.761. The number of hydrogen-bond acceptors (Lipinski definition) is 3. The van der Waals surface area contributed by atoms with Crippen molar-refractivity contribution in [2.75, 3.05) is 12.3 Å². The van der Waals surface area contributed by atoms with Gasteiger partial charge in [-0.05, 0) is 62.8 Å². The van der Waals surface area contributed by atoms with Gasteiger partial charge in [0.25, 0.3) is 0 Å². The second-order valence-corrected chi connectivity index (χ2v) is 7.46. The number of thioether (sulfide) groups is 1. The van der Waals surface area contributed by atoms with Crippen LogP contribution >= 0.6 is 11.8 Å². The highest BCUT2D eigenvalue weighted by Crippen LogP contribution is 2.39. The summed E-state index contributed by atoms with van der Waals surface area (Å²) in [7, 11) is 0. The first-order valence-electron chi connectivity index (χ1n) is 7.66. The number of carbonyl (C=O) groups is 1. The standard InChI is InChI=1S/C17H26N2OS/c1-12-4-7-15(10-13(12)2)21-9-8-16(20)19-17(3,11-18)14-5-6-14/h4,7,10,14H,5-6,8-9,11,18H2,1-3H3,(H,19,20). The lowest BCUT2D eigenvalue weighted by Gasteiger charge is -2.29. The second kappa shape index (κ2) is 6.84. The highest BCUT2D eigenvalue weighted by atomic mass is 32.2. The monoisotopic (exact) mass is 306 g/mol. The van der Waals surface area contributed by atoms with Crippen LogP contribution in [-0.2, 0) is 4.79 Å². The lowest BCUT2D eigenvalue weighted by atomic mass is 9.96. The molecule has 0 bridgehead atoms. The summed E-state index contributed by atoms with van der Waals surface area (Å²) in [5, 5.41) is 3.13. The number of rotatable bonds is 7. The Balaban J connectivity index is 1.77. The zero-order valence-electron chi connectivity index (χ0n) is 13.2. The summed E-state index contributed by atoms with van der Waals surface area (Å²) in [6.07, 6.45) is 2.91. The summed E-state index contributed by atoms with van der Waals surface area (Å²) in [5.74, 6) is 1.49. The van der Waals surface area contributed by atoms with Crippen molar-refractivity contribution in [3.05, 3.63) is 29.3 Å². The number of nitrogens with one attached hydrogen (secondary N) is 1. The molecule has 1 aliphatic carbocycles. The van der Waals surface area contributed by atoms with Crippen LogP contribution in [0.1, 0.15) is 37.3 Å². The van der Waals surface area contributed by atoms with Crippen molar-refractivity contribution >= 4 is 17.7 Å². The zero-order valence-corrected chi connectivity index (χ0v) is 14.1. The third-order valence-electron chi connectivity index (χ3n) is 4.40. The van der Waals surface area contributed by atoms with Gasteiger partial charge in [0, 0.05) is 23.6 Å². The Morgan fingerprint density at radius 3 is 2.67 bits per heavy atom. The second-order valence-electron chi connectivity index (χ2n) is 6.29. The van der Waals surface area contributed by atoms with E-state index in [1.165, 1.54) is 28.9 Å². The molecule has 3 N–H and O–H groups in total. The Morgan fingerprint density at radius 1 is 1.38 bits per heavy atom. The molecule has 0 saturated heterocycles. The van der Waals surface area contributed by atoms with Gasteiger partial charge in [0.05, 0.1) is 5.54 Å². The highest BCUT2D eigenvalue weighted by Gasteiger charge is 2.41. The lowest BCUT2D eigenvalue weighted by Crippen LogP contribution is -2.53. The summed E-state index contributed by atoms with van der Waals surface area (Å²) in [6, 6.07) is 6.45. The van der Waals surface area contributed by atoms with E-state index >= 15 is 0 Å². The molecule has 1 aliphatic rings. The molecule has 21 heavy (non-hydrogen) atoms. The maximum atomic E-state index is 12.1. The van der Waals surface area contributed by atoms with Crippen molar-refractivity contribution in [2.24, 2.45) is 11.7 Å². The van der Waals surface area contributed by atoms with E-state index in [4.69, 9.17) is 5.73 Å². The first-order valence-corrected chi connectivity index (χ1v) is 8.64. The molecular weight excluding hydrogens is 280 g/mol. The Hall–Kier alpha value is -1.00. The number of aryl methyl sites for hydroxylation is 2. The Labute approximate surface area is 132 Å². The molecule has 0 radical (unpaired) electrons. The number of nitrogens with two attached hydrogens (primary N) is 1. The van der Waals surface area contributed by atoms with E-state index in [9.17, 15) is 4.79 Å². The fourth-order valence-electron chi connectivity index (χ4n) is 2.49. The third-order valence-corrected chi connectivity index (χ3v) is 5.40. The maximum absolute atomic E-state index is 12.1. The molecule has 0 aliphatic heterocycles. The van der Waals surface area contributed by atoms with Crippen LogP contribution in [0.2, 0.25) is 0 Å². The lowest BCUT2D eigenvalue weighted by molar-refractivity contribution is -0.122. The molecule has 1 amide bonds. The van der Waals surface area contributed by atoms with Crippen LogP contribution in [0.25, 0.3) is 0 Å². The van der Waals surface area contributed by atoms with Crippen LogP contribution in [0.5, 0.6) is 0 Å². The van der Waals surface area contributed by atoms with Crippen LogP contribution in [0.15, 0.2) is 23.1 Å². The zero-order chi connectivity index (χ0) is 15.5. The topological polar surface area (TPSA) is 55.1 Å². The van der Waals surface area contributed by atoms with E-state index in [-0.39, 0.29) is 11.4 Å². The maximum Gasteiger partial charge on any atom is 0.221 e. The predicted molar refractivity (Wildman–Crippen MR) is 89.6 cm³/mol. The smallest absolute Gasteiger partial charge is 0.221 e. The Kier molecular flexibility index (Phi) is 5.33. The molecule has 1 atom stereocenters. The molecule has 1 unspecified atom stereocenters. The van der Waals surface area contributed by atoms with E-state index in [0.29, 0.717) is 18.9 Å². The fourth-order valence-corrected chi connectivity index (χ4v) is 3.43. The third kappa shape index (κ3) is 4.48. The van der Waals surface area contributed by atoms with Crippen molar-refractivity contribution in [2.45, 2.75) is 50.5 Å². The highest BCUT2D eigenvalue weighted by molar-refractivity contribution is 7.99. The number of benzene rings is 1. The van der Waals surface area contributed by atoms with Crippen molar-refractivity contribution in [3.8, 4) is 0 Å². The van der Waals surface area contributed by atoms with Crippen molar-refractivity contribution in [1.29, 1.82) is 0 Å². The van der Waals surface area contributed by atoms with Crippen molar-refractivity contribution in [1.82, 2.24) is 5.32 Å². The van der Waals surface area contributed by atoms with Gasteiger partial charge in [-0.15, -0.1) is 11.8 Å². The normalized spacial score (nSPS) is 17.3. The SMILES string of the molecule is Cc1ccc(SCCC(=O)NC(C)(CN)C2CC2)cc1C. The average molecular weight is 306 g/mol. The molecule has 0 heterocycles. The number of amides is 1. The van der Waals surface area contributed by atoms with E-state index in [1.54, 1.807) is 11.8 Å². The molecule has 1 aromatic rings. The molecule has 1 aromatic carbocycles. The van der Waals surface area contributed by atoms with E-state index in [1.807, 2.05) is 0 Å². The molecular formula is C17H26N2OS. The van der Waals surface area contributed by atoms with Gasteiger partial charge in [-0.25, -0.2) is 0 Å². The van der Waals surface area contributed by atoms with E-state index < -0.39 is 0 Å². The van der Waals surface area contributed by atoms with E-state index in [0.717, 1.165) is 5.75 Å². The van der Waals surface area contributed by atoms with Gasteiger partial charge in [-0.3, -0.25) is 4.79 Å². The minimum absolute atomic E-state index is 0.117. The number of hydrogen-bond donors (Lipinski definition) is 2. The molecule has 0 spiro atoms. The molecule has 1 fully saturated rings. The summed E-state index contributed by atoms with van der Waals surface area (Å²) < 4.78 is 0. The molecule has 1 saturated carbocycles. The largest absolute Gasteiger partial charge is 0.349 e. The summed E-state index contributed by atoms with van der Waals surface area (Å²) in [6.45, 7) is 6.82. The van der Waals surface area contributed by atoms with Crippen LogP contribution in [0.3, 0.4) is 0 Å². The van der Waals surface area contributed by atoms with Crippen LogP contribution < -0.4 is 11.1 Å². The van der Waals surface area contributed by atoms with Crippen LogP contribution in [0.4, 0.5) is 0 Å². The van der Waals surface area contributed by atoms with Gasteiger partial charge in [0.2, 0.25) is 5.91 Å². The minimum atomic E-state index is -0.206. The van der Waals surface area contributed by atoms with Gasteiger partial charge < -0.3 is 11.1 Å². The van der Waals surface area contributed by atoms with Crippen molar-refractivity contribution < 1.29 is 4.79 Å². The van der Waals surface area contributed by atoms with Gasteiger partial charge in [0.15, 0.2) is 0 Å². The molecule has 0 aromatic heterocycles. The fraction of sp³-hybridized carbons (Fsp3) is 0.588. The van der Waals surface area contributed by atoms with Gasteiger partial charge in [-0.1, -0.05) is 6.07 Å². The average Bonchev–Trinajstić information content (AvgIpc) is 3.27. The Morgan fingerprint density at radius 2 is 2.10 bits per heavy atom. The molecule has 4 heteroatoms. The summed E-state index contributed by atoms with van der Waals surface area (Å²) >= 11 is 1.74. The van der Waals surface area contributed by atoms with Crippen LogP contribution in [-0.4, -0.2) is 23.7 Å². The summed E-state index contributed by atoms with van der Waals surface area (Å²) in [4.78, 5) is 13.3. The molecule has 2 rings (SSSR count). The van der Waals surface area contributed by atoms with Gasteiger partial charge >= 0.3 is 0 Å².